The molecule has 1 saturated heterocycles. The average molecular weight is 555 g/mol. The molecule has 5 N–H and O–H groups in total. The highest BCUT2D eigenvalue weighted by molar-refractivity contribution is 5.84. The quantitative estimate of drug-likeness (QED) is 0.338. The first-order valence-corrected chi connectivity index (χ1v) is 14.4. The summed E-state index contributed by atoms with van der Waals surface area (Å²) in [6.45, 7) is 0.674. The van der Waals surface area contributed by atoms with Gasteiger partial charge in [-0.05, 0) is 29.5 Å². The van der Waals surface area contributed by atoms with Gasteiger partial charge in [0.25, 0.3) is 11.8 Å². The number of aliphatic hydroxyl groups excluding tert-OH is 3. The Balaban J connectivity index is 1.51. The molecule has 0 unspecified atom stereocenters. The summed E-state index contributed by atoms with van der Waals surface area (Å²) in [6, 6.07) is 15.9. The van der Waals surface area contributed by atoms with E-state index >= 15 is 0 Å². The molecule has 2 aliphatic rings. The lowest BCUT2D eigenvalue weighted by Gasteiger charge is -2.31. The Morgan fingerprint density at radius 3 is 2.42 bits per heavy atom. The van der Waals surface area contributed by atoms with E-state index in [2.05, 4.69) is 10.6 Å². The topological polar surface area (TPSA) is 137 Å². The van der Waals surface area contributed by atoms with Gasteiger partial charge in [0.1, 0.15) is 12.2 Å². The van der Waals surface area contributed by atoms with E-state index in [9.17, 15) is 24.9 Å². The molecule has 1 heterocycles. The summed E-state index contributed by atoms with van der Waals surface area (Å²) in [5.41, 5.74) is 2.49. The summed E-state index contributed by atoms with van der Waals surface area (Å²) < 4.78 is 11.7. The third kappa shape index (κ3) is 8.11. The van der Waals surface area contributed by atoms with E-state index in [0.29, 0.717) is 13.0 Å². The van der Waals surface area contributed by atoms with Crippen LogP contribution in [0.2, 0.25) is 0 Å². The Kier molecular flexibility index (Phi) is 11.5. The minimum absolute atomic E-state index is 0.00969. The highest BCUT2D eigenvalue weighted by atomic mass is 16.5. The van der Waals surface area contributed by atoms with Crippen LogP contribution in [0.15, 0.2) is 54.6 Å². The first kappa shape index (κ1) is 30.1. The predicted molar refractivity (Wildman–Crippen MR) is 149 cm³/mol. The van der Waals surface area contributed by atoms with Gasteiger partial charge in [0, 0.05) is 19.6 Å². The van der Waals surface area contributed by atoms with Gasteiger partial charge in [0.05, 0.1) is 18.8 Å². The zero-order valence-electron chi connectivity index (χ0n) is 22.9. The number of carbonyl (C=O) groups is 2. The molecule has 0 bridgehead atoms. The third-order valence-electron chi connectivity index (χ3n) is 7.68. The number of fused-ring (bicyclic) bond motifs is 1. The second-order valence-corrected chi connectivity index (χ2v) is 10.7. The molecule has 1 aliphatic heterocycles. The Bertz CT molecular complexity index is 1080. The molecule has 2 aromatic carbocycles. The van der Waals surface area contributed by atoms with E-state index in [0.717, 1.165) is 61.6 Å². The van der Waals surface area contributed by atoms with Crippen LogP contribution < -0.4 is 10.6 Å². The monoisotopic (exact) mass is 554 g/mol. The normalized spacial score (nSPS) is 24.8. The number of benzene rings is 2. The van der Waals surface area contributed by atoms with Crippen LogP contribution >= 0.6 is 0 Å². The van der Waals surface area contributed by atoms with Crippen molar-refractivity contribution in [3.05, 3.63) is 71.3 Å². The highest BCUT2D eigenvalue weighted by Crippen LogP contribution is 2.31. The summed E-state index contributed by atoms with van der Waals surface area (Å²) in [5, 5.41) is 38.8. The number of amides is 2. The van der Waals surface area contributed by atoms with Crippen LogP contribution in [0.5, 0.6) is 0 Å². The molecule has 1 fully saturated rings. The lowest BCUT2D eigenvalue weighted by molar-refractivity contribution is -0.169. The molecule has 0 spiro atoms. The van der Waals surface area contributed by atoms with Crippen molar-refractivity contribution in [1.29, 1.82) is 0 Å². The van der Waals surface area contributed by atoms with Gasteiger partial charge in [-0.3, -0.25) is 9.59 Å². The zero-order valence-corrected chi connectivity index (χ0v) is 22.9. The zero-order chi connectivity index (χ0) is 28.3. The molecule has 6 atom stereocenters. The van der Waals surface area contributed by atoms with Gasteiger partial charge >= 0.3 is 0 Å². The van der Waals surface area contributed by atoms with Crippen molar-refractivity contribution in [3.8, 4) is 0 Å². The fourth-order valence-electron chi connectivity index (χ4n) is 5.39. The van der Waals surface area contributed by atoms with E-state index in [4.69, 9.17) is 9.47 Å². The predicted octanol–water partition coefficient (Wildman–Crippen LogP) is 2.31. The van der Waals surface area contributed by atoms with Gasteiger partial charge in [-0.1, -0.05) is 86.7 Å². The van der Waals surface area contributed by atoms with Crippen LogP contribution in [0.25, 0.3) is 0 Å². The summed E-state index contributed by atoms with van der Waals surface area (Å²) in [4.78, 5) is 26.6. The smallest absolute Gasteiger partial charge is 0.252 e. The molecule has 2 amide bonds. The second kappa shape index (κ2) is 15.3. The van der Waals surface area contributed by atoms with Crippen LogP contribution in [0.4, 0.5) is 0 Å². The van der Waals surface area contributed by atoms with E-state index < -0.39 is 48.4 Å². The molecule has 9 nitrogen and oxygen atoms in total. The first-order valence-electron chi connectivity index (χ1n) is 14.4. The van der Waals surface area contributed by atoms with E-state index in [1.54, 1.807) is 0 Å². The number of rotatable bonds is 8. The van der Waals surface area contributed by atoms with Crippen LogP contribution in [0.3, 0.4) is 0 Å². The maximum atomic E-state index is 13.6. The van der Waals surface area contributed by atoms with Crippen LogP contribution in [0, 0.1) is 0 Å². The Morgan fingerprint density at radius 1 is 0.975 bits per heavy atom. The fraction of sp³-hybridized carbons (Fsp3) is 0.548. The van der Waals surface area contributed by atoms with Gasteiger partial charge in [-0.2, -0.15) is 0 Å². The van der Waals surface area contributed by atoms with Gasteiger partial charge in [-0.15, -0.1) is 0 Å². The van der Waals surface area contributed by atoms with Gasteiger partial charge in [-0.25, -0.2) is 0 Å². The molecule has 0 saturated carbocycles. The Morgan fingerprint density at radius 2 is 1.65 bits per heavy atom. The van der Waals surface area contributed by atoms with Crippen molar-refractivity contribution >= 4 is 11.8 Å². The number of nitrogens with one attached hydrogen (secondary N) is 2. The largest absolute Gasteiger partial charge is 0.390 e. The van der Waals surface area contributed by atoms with Gasteiger partial charge < -0.3 is 35.4 Å². The summed E-state index contributed by atoms with van der Waals surface area (Å²) in [7, 11) is 0. The van der Waals surface area contributed by atoms with Crippen molar-refractivity contribution < 1.29 is 34.4 Å². The van der Waals surface area contributed by atoms with Gasteiger partial charge in [0.15, 0.2) is 12.2 Å². The van der Waals surface area contributed by atoms with Crippen LogP contribution in [-0.4, -0.2) is 70.8 Å². The Hall–Kier alpha value is -2.82. The maximum absolute atomic E-state index is 13.6. The number of carbonyl (C=O) groups excluding carboxylic acids is 2. The lowest BCUT2D eigenvalue weighted by Crippen LogP contribution is -2.56. The maximum Gasteiger partial charge on any atom is 0.252 e. The minimum Gasteiger partial charge on any atom is -0.390 e. The van der Waals surface area contributed by atoms with Crippen LogP contribution in [-0.2, 0) is 32.1 Å². The first-order chi connectivity index (χ1) is 19.5. The summed E-state index contributed by atoms with van der Waals surface area (Å²) in [5.74, 6) is -1.23. The van der Waals surface area contributed by atoms with Crippen molar-refractivity contribution in [3.63, 3.8) is 0 Å². The molecule has 2 aromatic rings. The molecule has 0 radical (unpaired) electrons. The van der Waals surface area contributed by atoms with Crippen molar-refractivity contribution in [2.75, 3.05) is 13.2 Å². The highest BCUT2D eigenvalue weighted by Gasteiger charge is 2.42. The Labute approximate surface area is 235 Å². The van der Waals surface area contributed by atoms with Crippen LogP contribution in [0.1, 0.15) is 67.7 Å². The minimum atomic E-state index is -1.77. The molecule has 4 rings (SSSR count). The van der Waals surface area contributed by atoms with Crippen molar-refractivity contribution in [1.82, 2.24) is 10.6 Å². The van der Waals surface area contributed by atoms with E-state index in [-0.39, 0.29) is 13.2 Å². The fourth-order valence-corrected chi connectivity index (χ4v) is 5.39. The summed E-state index contributed by atoms with van der Waals surface area (Å²) in [6.07, 6.45) is -0.0560. The molecule has 40 heavy (non-hydrogen) atoms. The molecule has 9 heteroatoms. The molecular weight excluding hydrogens is 512 g/mol. The third-order valence-corrected chi connectivity index (χ3v) is 7.68. The van der Waals surface area contributed by atoms with Crippen molar-refractivity contribution in [2.45, 2.75) is 94.5 Å². The standard InChI is InChI=1S/C31H42N2O7/c34-24-19-22-15-9-10-16-23(22)25(24)33-31(38)29(40-20-21-13-7-6-8-14-21)27(36)26(35)28-30(37)32-17-11-4-2-1-3-5-12-18-39-28/h6-10,13-16,24-29,34-36H,1-5,11-12,17-20H2,(H,32,37)(H,33,38)/t24-,25+,26-,27-,28-,29-/m1/s1. The lowest BCUT2D eigenvalue weighted by atomic mass is 10.00. The molecule has 218 valence electrons. The summed E-state index contributed by atoms with van der Waals surface area (Å²) >= 11 is 0. The second-order valence-electron chi connectivity index (χ2n) is 10.7. The molecule has 1 aliphatic carbocycles. The molecular formula is C31H42N2O7. The van der Waals surface area contributed by atoms with E-state index in [1.165, 1.54) is 0 Å². The average Bonchev–Trinajstić information content (AvgIpc) is 3.28. The number of hydrogen-bond donors (Lipinski definition) is 5. The number of ether oxygens (including phenoxy) is 2. The van der Waals surface area contributed by atoms with E-state index in [1.807, 2.05) is 54.6 Å². The SMILES string of the molecule is O=C1NCCCCCCCCCO[C@@H]1[C@H](O)[C@@H](O)[C@@H](OCc1ccccc1)C(=O)N[C@H]1c2ccccc2C[C@H]1O. The molecule has 0 aromatic heterocycles. The van der Waals surface area contributed by atoms with Crippen molar-refractivity contribution in [2.24, 2.45) is 0 Å². The number of hydrogen-bond acceptors (Lipinski definition) is 7. The number of aliphatic hydroxyl groups is 3. The van der Waals surface area contributed by atoms with Gasteiger partial charge in [0.2, 0.25) is 0 Å².